The SMILES string of the molecule is Cc1cc(/C=N/NC(=O)c2ccccc2)c(C)n1-c1ccc(OCc2ccccc2F)cc1. The fourth-order valence-corrected chi connectivity index (χ4v) is 3.60. The second-order valence-corrected chi connectivity index (χ2v) is 7.60. The van der Waals surface area contributed by atoms with E-state index in [0.29, 0.717) is 16.9 Å². The number of carbonyl (C=O) groups is 1. The first-order chi connectivity index (χ1) is 16.0. The van der Waals surface area contributed by atoms with Crippen LogP contribution in [0.3, 0.4) is 0 Å². The summed E-state index contributed by atoms with van der Waals surface area (Å²) in [5, 5.41) is 4.11. The largest absolute Gasteiger partial charge is 0.489 e. The van der Waals surface area contributed by atoms with Crippen molar-refractivity contribution in [2.24, 2.45) is 5.10 Å². The van der Waals surface area contributed by atoms with Crippen molar-refractivity contribution < 1.29 is 13.9 Å². The van der Waals surface area contributed by atoms with Gasteiger partial charge in [0.25, 0.3) is 5.91 Å². The van der Waals surface area contributed by atoms with Crippen molar-refractivity contribution in [3.05, 3.63) is 119 Å². The molecule has 3 aromatic carbocycles. The van der Waals surface area contributed by atoms with Gasteiger partial charge in [-0.2, -0.15) is 5.10 Å². The third-order valence-electron chi connectivity index (χ3n) is 5.32. The number of aryl methyl sites for hydroxylation is 1. The normalized spacial score (nSPS) is 11.0. The first kappa shape index (κ1) is 22.0. The number of ether oxygens (including phenoxy) is 1. The topological polar surface area (TPSA) is 55.6 Å². The molecule has 0 atom stereocenters. The van der Waals surface area contributed by atoms with Crippen molar-refractivity contribution in [1.82, 2.24) is 9.99 Å². The molecule has 1 heterocycles. The van der Waals surface area contributed by atoms with E-state index in [2.05, 4.69) is 15.1 Å². The van der Waals surface area contributed by atoms with Gasteiger partial charge in [-0.15, -0.1) is 0 Å². The lowest BCUT2D eigenvalue weighted by atomic mass is 10.2. The van der Waals surface area contributed by atoms with Gasteiger partial charge < -0.3 is 9.30 Å². The van der Waals surface area contributed by atoms with Gasteiger partial charge in [0.05, 0.1) is 6.21 Å². The molecule has 0 aliphatic heterocycles. The van der Waals surface area contributed by atoms with E-state index in [1.54, 1.807) is 36.5 Å². The minimum Gasteiger partial charge on any atom is -0.489 e. The van der Waals surface area contributed by atoms with E-state index in [1.807, 2.05) is 62.4 Å². The summed E-state index contributed by atoms with van der Waals surface area (Å²) in [6, 6.07) is 25.2. The zero-order chi connectivity index (χ0) is 23.2. The number of halogens is 1. The highest BCUT2D eigenvalue weighted by molar-refractivity contribution is 5.94. The van der Waals surface area contributed by atoms with Gasteiger partial charge in [0.1, 0.15) is 18.2 Å². The summed E-state index contributed by atoms with van der Waals surface area (Å²) in [5.74, 6) is 0.128. The highest BCUT2D eigenvalue weighted by atomic mass is 19.1. The number of nitrogens with one attached hydrogen (secondary N) is 1. The molecule has 4 aromatic rings. The molecule has 33 heavy (non-hydrogen) atoms. The third kappa shape index (κ3) is 5.18. The Hall–Kier alpha value is -4.19. The van der Waals surface area contributed by atoms with Gasteiger partial charge in [-0.05, 0) is 62.4 Å². The molecule has 166 valence electrons. The van der Waals surface area contributed by atoms with Gasteiger partial charge in [-0.1, -0.05) is 36.4 Å². The maximum atomic E-state index is 13.8. The lowest BCUT2D eigenvalue weighted by Crippen LogP contribution is -2.17. The molecular formula is C27H24FN3O2. The summed E-state index contributed by atoms with van der Waals surface area (Å²) in [5.41, 5.74) is 7.52. The Morgan fingerprint density at radius 2 is 1.70 bits per heavy atom. The molecule has 0 saturated carbocycles. The van der Waals surface area contributed by atoms with Gasteiger partial charge >= 0.3 is 0 Å². The first-order valence-electron chi connectivity index (χ1n) is 10.6. The van der Waals surface area contributed by atoms with Crippen LogP contribution in [-0.4, -0.2) is 16.7 Å². The highest BCUT2D eigenvalue weighted by Crippen LogP contribution is 2.23. The second kappa shape index (κ2) is 9.96. The Kier molecular flexibility index (Phi) is 6.64. The average molecular weight is 442 g/mol. The molecule has 0 fully saturated rings. The van der Waals surface area contributed by atoms with Crippen molar-refractivity contribution in [2.75, 3.05) is 0 Å². The van der Waals surface area contributed by atoms with Crippen molar-refractivity contribution >= 4 is 12.1 Å². The molecule has 1 amide bonds. The number of hydrogen-bond donors (Lipinski definition) is 1. The van der Waals surface area contributed by atoms with E-state index < -0.39 is 0 Å². The smallest absolute Gasteiger partial charge is 0.271 e. The van der Waals surface area contributed by atoms with Crippen molar-refractivity contribution in [3.63, 3.8) is 0 Å². The predicted molar refractivity (Wildman–Crippen MR) is 127 cm³/mol. The van der Waals surface area contributed by atoms with Crippen LogP contribution in [0.15, 0.2) is 90.0 Å². The fraction of sp³-hybridized carbons (Fsp3) is 0.111. The predicted octanol–water partition coefficient (Wildman–Crippen LogP) is 5.58. The molecule has 1 aromatic heterocycles. The Morgan fingerprint density at radius 1 is 1.00 bits per heavy atom. The third-order valence-corrected chi connectivity index (χ3v) is 5.32. The Labute approximate surface area is 192 Å². The number of amides is 1. The maximum Gasteiger partial charge on any atom is 0.271 e. The molecule has 0 aliphatic rings. The standard InChI is InChI=1S/C27H24FN3O2/c1-19-16-23(17-29-30-27(32)21-8-4-3-5-9-21)20(2)31(19)24-12-14-25(15-13-24)33-18-22-10-6-7-11-26(22)28/h3-17H,18H2,1-2H3,(H,30,32)/b29-17+. The minimum absolute atomic E-state index is 0.170. The van der Waals surface area contributed by atoms with Crippen LogP contribution in [0, 0.1) is 19.7 Å². The van der Waals surface area contributed by atoms with Crippen LogP contribution in [0.4, 0.5) is 4.39 Å². The number of hydrazone groups is 1. The van der Waals surface area contributed by atoms with Gasteiger partial charge in [0, 0.05) is 33.8 Å². The Bertz CT molecular complexity index is 1280. The number of benzene rings is 3. The number of rotatable bonds is 7. The van der Waals surface area contributed by atoms with Crippen molar-refractivity contribution in [3.8, 4) is 11.4 Å². The summed E-state index contributed by atoms with van der Waals surface area (Å²) in [7, 11) is 0. The molecule has 5 nitrogen and oxygen atoms in total. The zero-order valence-corrected chi connectivity index (χ0v) is 18.5. The molecule has 0 saturated heterocycles. The summed E-state index contributed by atoms with van der Waals surface area (Å²) < 4.78 is 21.6. The molecule has 4 rings (SSSR count). The molecule has 0 bridgehead atoms. The highest BCUT2D eigenvalue weighted by Gasteiger charge is 2.10. The summed E-state index contributed by atoms with van der Waals surface area (Å²) in [6.07, 6.45) is 1.64. The van der Waals surface area contributed by atoms with Crippen LogP contribution < -0.4 is 10.2 Å². The van der Waals surface area contributed by atoms with Crippen molar-refractivity contribution in [1.29, 1.82) is 0 Å². The van der Waals surface area contributed by atoms with Crippen LogP contribution in [0.5, 0.6) is 5.75 Å². The molecule has 0 radical (unpaired) electrons. The van der Waals surface area contributed by atoms with E-state index in [0.717, 1.165) is 22.6 Å². The maximum absolute atomic E-state index is 13.8. The van der Waals surface area contributed by atoms with Gasteiger partial charge in [0.15, 0.2) is 0 Å². The van der Waals surface area contributed by atoms with E-state index in [9.17, 15) is 9.18 Å². The number of carbonyl (C=O) groups excluding carboxylic acids is 1. The van der Waals surface area contributed by atoms with Gasteiger partial charge in [-0.25, -0.2) is 9.82 Å². The molecule has 6 heteroatoms. The lowest BCUT2D eigenvalue weighted by molar-refractivity contribution is 0.0955. The summed E-state index contributed by atoms with van der Waals surface area (Å²) >= 11 is 0. The minimum atomic E-state index is -0.276. The van der Waals surface area contributed by atoms with Crippen LogP contribution in [0.1, 0.15) is 32.9 Å². The van der Waals surface area contributed by atoms with Crippen molar-refractivity contribution in [2.45, 2.75) is 20.5 Å². The number of hydrogen-bond acceptors (Lipinski definition) is 3. The zero-order valence-electron chi connectivity index (χ0n) is 18.5. The van der Waals surface area contributed by atoms with Crippen LogP contribution >= 0.6 is 0 Å². The summed E-state index contributed by atoms with van der Waals surface area (Å²) in [4.78, 5) is 12.1. The molecule has 0 unspecified atom stereocenters. The van der Waals surface area contributed by atoms with E-state index in [4.69, 9.17) is 4.74 Å². The second-order valence-electron chi connectivity index (χ2n) is 7.60. The monoisotopic (exact) mass is 441 g/mol. The van der Waals surface area contributed by atoms with Crippen LogP contribution in [0.2, 0.25) is 0 Å². The number of aromatic nitrogens is 1. The summed E-state index contributed by atoms with van der Waals surface area (Å²) in [6.45, 7) is 4.17. The Morgan fingerprint density at radius 3 is 2.42 bits per heavy atom. The van der Waals surface area contributed by atoms with E-state index in [-0.39, 0.29) is 18.3 Å². The van der Waals surface area contributed by atoms with Gasteiger partial charge in [0.2, 0.25) is 0 Å². The molecular weight excluding hydrogens is 417 g/mol. The Balaban J connectivity index is 1.44. The van der Waals surface area contributed by atoms with E-state index >= 15 is 0 Å². The average Bonchev–Trinajstić information content (AvgIpc) is 3.12. The molecule has 0 aliphatic carbocycles. The quantitative estimate of drug-likeness (QED) is 0.301. The fourth-order valence-electron chi connectivity index (χ4n) is 3.60. The van der Waals surface area contributed by atoms with Crippen LogP contribution in [0.25, 0.3) is 5.69 Å². The van der Waals surface area contributed by atoms with E-state index in [1.165, 1.54) is 6.07 Å². The number of nitrogens with zero attached hydrogens (tertiary/aromatic N) is 2. The molecule has 1 N–H and O–H groups in total. The molecule has 0 spiro atoms. The van der Waals surface area contributed by atoms with Gasteiger partial charge in [-0.3, -0.25) is 4.79 Å². The first-order valence-corrected chi connectivity index (χ1v) is 10.6. The van der Waals surface area contributed by atoms with Crippen LogP contribution in [-0.2, 0) is 6.61 Å². The lowest BCUT2D eigenvalue weighted by Gasteiger charge is -2.12.